The highest BCUT2D eigenvalue weighted by atomic mass is 16.5. The van der Waals surface area contributed by atoms with Gasteiger partial charge in [0.15, 0.2) is 0 Å². The summed E-state index contributed by atoms with van der Waals surface area (Å²) in [6, 6.07) is 7.36. The fourth-order valence-corrected chi connectivity index (χ4v) is 4.74. The Bertz CT molecular complexity index is 1230. The van der Waals surface area contributed by atoms with Crippen LogP contribution in [-0.2, 0) is 28.1 Å². The maximum absolute atomic E-state index is 13.0. The molecule has 0 aliphatic carbocycles. The van der Waals surface area contributed by atoms with Gasteiger partial charge in [0.2, 0.25) is 5.91 Å². The Balaban J connectivity index is 1.34. The second-order valence-corrected chi connectivity index (χ2v) is 8.36. The molecule has 31 heavy (non-hydrogen) atoms. The zero-order chi connectivity index (χ0) is 21.6. The maximum atomic E-state index is 13.0. The summed E-state index contributed by atoms with van der Waals surface area (Å²) in [7, 11) is 0. The monoisotopic (exact) mass is 419 g/mol. The maximum Gasteiger partial charge on any atom is 0.275 e. The molecular weight excluding hydrogens is 394 g/mol. The molecule has 3 aromatic rings. The van der Waals surface area contributed by atoms with E-state index in [0.717, 1.165) is 34.6 Å². The van der Waals surface area contributed by atoms with E-state index >= 15 is 0 Å². The van der Waals surface area contributed by atoms with Crippen molar-refractivity contribution >= 4 is 16.7 Å². The molecule has 8 heteroatoms. The smallest absolute Gasteiger partial charge is 0.275 e. The summed E-state index contributed by atoms with van der Waals surface area (Å²) >= 11 is 0. The third-order valence-corrected chi connectivity index (χ3v) is 6.43. The molecule has 2 aliphatic rings. The molecule has 0 bridgehead atoms. The first-order valence-electron chi connectivity index (χ1n) is 10.7. The number of rotatable bonds is 2. The average molecular weight is 419 g/mol. The number of amides is 1. The van der Waals surface area contributed by atoms with Crippen molar-refractivity contribution in [3.63, 3.8) is 0 Å². The van der Waals surface area contributed by atoms with Crippen LogP contribution in [0, 0.1) is 13.8 Å². The fraction of sp³-hybridized carbons (Fsp3) is 0.435. The predicted octanol–water partition coefficient (Wildman–Crippen LogP) is 1.89. The van der Waals surface area contributed by atoms with Crippen LogP contribution in [0.4, 0.5) is 0 Å². The quantitative estimate of drug-likeness (QED) is 0.630. The summed E-state index contributed by atoms with van der Waals surface area (Å²) in [5.41, 5.74) is 2.16. The summed E-state index contributed by atoms with van der Waals surface area (Å²) < 4.78 is 7.51. The first-order chi connectivity index (χ1) is 15.0. The topological polar surface area (TPSA) is 90.2 Å². The van der Waals surface area contributed by atoms with Crippen molar-refractivity contribution in [2.45, 2.75) is 45.3 Å². The van der Waals surface area contributed by atoms with Crippen LogP contribution in [0.2, 0.25) is 0 Å². The lowest BCUT2D eigenvalue weighted by atomic mass is 9.83. The molecule has 2 aromatic heterocycles. The van der Waals surface area contributed by atoms with Gasteiger partial charge in [-0.2, -0.15) is 5.10 Å². The number of carbonyl (C=O) groups excluding carboxylic acids is 1. The number of nitrogens with zero attached hydrogens (tertiary/aromatic N) is 5. The molecule has 1 aromatic carbocycles. The Kier molecular flexibility index (Phi) is 4.81. The fourth-order valence-electron chi connectivity index (χ4n) is 4.74. The first-order valence-corrected chi connectivity index (χ1v) is 10.7. The molecule has 0 atom stereocenters. The minimum Gasteiger partial charge on any atom is -0.368 e. The zero-order valence-corrected chi connectivity index (χ0v) is 17.8. The second kappa shape index (κ2) is 7.53. The van der Waals surface area contributed by atoms with Gasteiger partial charge in [0.05, 0.1) is 23.4 Å². The number of likely N-dealkylation sites (tertiary alicyclic amines) is 1. The average Bonchev–Trinajstić information content (AvgIpc) is 2.78. The number of piperidine rings is 1. The normalized spacial score (nSPS) is 17.7. The van der Waals surface area contributed by atoms with Crippen molar-refractivity contribution in [2.75, 3.05) is 19.7 Å². The lowest BCUT2D eigenvalue weighted by Gasteiger charge is -2.44. The molecule has 0 unspecified atom stereocenters. The van der Waals surface area contributed by atoms with E-state index in [4.69, 9.17) is 4.74 Å². The molecule has 5 rings (SSSR count). The highest BCUT2D eigenvalue weighted by Gasteiger charge is 2.43. The Morgan fingerprint density at radius 3 is 2.68 bits per heavy atom. The summed E-state index contributed by atoms with van der Waals surface area (Å²) in [4.78, 5) is 36.6. The van der Waals surface area contributed by atoms with Gasteiger partial charge >= 0.3 is 0 Å². The van der Waals surface area contributed by atoms with Crippen LogP contribution in [0.5, 0.6) is 0 Å². The van der Waals surface area contributed by atoms with E-state index in [-0.39, 0.29) is 18.0 Å². The van der Waals surface area contributed by atoms with Gasteiger partial charge in [0.1, 0.15) is 18.0 Å². The van der Waals surface area contributed by atoms with Crippen LogP contribution in [0.3, 0.4) is 0 Å². The molecule has 8 nitrogen and oxygen atoms in total. The van der Waals surface area contributed by atoms with E-state index in [2.05, 4.69) is 15.1 Å². The Morgan fingerprint density at radius 1 is 1.16 bits per heavy atom. The van der Waals surface area contributed by atoms with Gasteiger partial charge in [0.25, 0.3) is 5.56 Å². The number of aromatic nitrogens is 4. The second-order valence-electron chi connectivity index (χ2n) is 8.36. The number of hydrogen-bond acceptors (Lipinski definition) is 6. The highest BCUT2D eigenvalue weighted by molar-refractivity contribution is 5.83. The molecular formula is C23H25N5O3. The van der Waals surface area contributed by atoms with Crippen molar-refractivity contribution < 1.29 is 9.53 Å². The van der Waals surface area contributed by atoms with Gasteiger partial charge in [-0.15, -0.1) is 0 Å². The van der Waals surface area contributed by atoms with Crippen LogP contribution >= 0.6 is 0 Å². The Hall–Kier alpha value is -3.13. The van der Waals surface area contributed by atoms with Gasteiger partial charge < -0.3 is 9.64 Å². The highest BCUT2D eigenvalue weighted by Crippen LogP contribution is 2.40. The number of benzene rings is 1. The SMILES string of the molecule is Cc1ncc2c(n1)C1(CCN(C(=O)Cn3nc(C)c4ccccc4c3=O)CC1)OCC2. The van der Waals surface area contributed by atoms with Crippen LogP contribution < -0.4 is 5.56 Å². The van der Waals surface area contributed by atoms with E-state index in [9.17, 15) is 9.59 Å². The predicted molar refractivity (Wildman–Crippen MR) is 115 cm³/mol. The van der Waals surface area contributed by atoms with Crippen LogP contribution in [0.25, 0.3) is 10.8 Å². The minimum absolute atomic E-state index is 0.0593. The minimum atomic E-state index is -0.452. The third-order valence-electron chi connectivity index (χ3n) is 6.43. The van der Waals surface area contributed by atoms with Crippen molar-refractivity contribution in [1.29, 1.82) is 0 Å². The molecule has 1 amide bonds. The summed E-state index contributed by atoms with van der Waals surface area (Å²) in [5, 5.41) is 5.78. The molecule has 0 saturated carbocycles. The molecule has 4 heterocycles. The lowest BCUT2D eigenvalue weighted by molar-refractivity contribution is -0.142. The van der Waals surface area contributed by atoms with Crippen molar-refractivity contribution in [2.24, 2.45) is 0 Å². The van der Waals surface area contributed by atoms with Gasteiger partial charge in [0, 0.05) is 24.7 Å². The van der Waals surface area contributed by atoms with E-state index < -0.39 is 5.60 Å². The van der Waals surface area contributed by atoms with Gasteiger partial charge in [-0.3, -0.25) is 9.59 Å². The van der Waals surface area contributed by atoms with Gasteiger partial charge in [-0.25, -0.2) is 14.6 Å². The number of aryl methyl sites for hydroxylation is 2. The van der Waals surface area contributed by atoms with E-state index in [0.29, 0.717) is 37.9 Å². The standard InChI is InChI=1S/C23H25N5O3/c1-15-18-5-3-4-6-19(18)22(30)28(26-15)14-20(29)27-10-8-23(9-11-27)21-17(7-12-31-23)13-24-16(2)25-21/h3-6,13H,7-12,14H2,1-2H3. The van der Waals surface area contributed by atoms with Crippen molar-refractivity contribution in [1.82, 2.24) is 24.6 Å². The summed E-state index contributed by atoms with van der Waals surface area (Å²) in [5.74, 6) is 0.633. The molecule has 1 fully saturated rings. The summed E-state index contributed by atoms with van der Waals surface area (Å²) in [6.07, 6.45) is 4.08. The zero-order valence-electron chi connectivity index (χ0n) is 17.8. The van der Waals surface area contributed by atoms with Crippen LogP contribution in [0.1, 0.15) is 35.6 Å². The van der Waals surface area contributed by atoms with Gasteiger partial charge in [-0.1, -0.05) is 18.2 Å². The van der Waals surface area contributed by atoms with Crippen molar-refractivity contribution in [3.05, 3.63) is 63.6 Å². The molecule has 0 radical (unpaired) electrons. The van der Waals surface area contributed by atoms with Crippen molar-refractivity contribution in [3.8, 4) is 0 Å². The number of carbonyl (C=O) groups is 1. The van der Waals surface area contributed by atoms with E-state index in [1.807, 2.05) is 38.2 Å². The van der Waals surface area contributed by atoms with E-state index in [1.165, 1.54) is 4.68 Å². The van der Waals surface area contributed by atoms with Gasteiger partial charge in [-0.05, 0) is 44.7 Å². The molecule has 0 N–H and O–H groups in total. The molecule has 160 valence electrons. The number of fused-ring (bicyclic) bond motifs is 3. The molecule has 1 saturated heterocycles. The van der Waals surface area contributed by atoms with E-state index in [1.54, 1.807) is 11.0 Å². The number of hydrogen-bond donors (Lipinski definition) is 0. The Morgan fingerprint density at radius 2 is 1.90 bits per heavy atom. The largest absolute Gasteiger partial charge is 0.368 e. The molecule has 1 spiro atoms. The lowest BCUT2D eigenvalue weighted by Crippen LogP contribution is -2.50. The van der Waals surface area contributed by atoms with Crippen LogP contribution in [0.15, 0.2) is 35.3 Å². The summed E-state index contributed by atoms with van der Waals surface area (Å²) in [6.45, 7) is 5.44. The number of ether oxygens (including phenoxy) is 1. The Labute approximate surface area is 179 Å². The first kappa shape index (κ1) is 19.8. The third kappa shape index (κ3) is 3.40. The molecule has 2 aliphatic heterocycles. The van der Waals surface area contributed by atoms with Crippen LogP contribution in [-0.4, -0.2) is 50.3 Å².